The average molecular weight is 159 g/mol. The maximum absolute atomic E-state index is 2.21. The van der Waals surface area contributed by atoms with Crippen LogP contribution in [0.5, 0.6) is 0 Å². The molecule has 0 saturated heterocycles. The molecule has 2 aromatic rings. The predicted octanol–water partition coefficient (Wildman–Crippen LogP) is 2.89. The normalized spacial score (nSPS) is 10.8. The van der Waals surface area contributed by atoms with Crippen molar-refractivity contribution in [3.63, 3.8) is 0 Å². The second kappa shape index (κ2) is 3.02. The van der Waals surface area contributed by atoms with E-state index in [1.165, 1.54) is 23.9 Å². The Morgan fingerprint density at radius 2 is 2.17 bits per heavy atom. The van der Waals surface area contributed by atoms with E-state index in [1.807, 2.05) is 0 Å². The Morgan fingerprint density at radius 1 is 1.25 bits per heavy atom. The summed E-state index contributed by atoms with van der Waals surface area (Å²) < 4.78 is 2.17. The monoisotopic (exact) mass is 159 g/mol. The summed E-state index contributed by atoms with van der Waals surface area (Å²) in [6.45, 7) is 2.21. The number of aromatic nitrogens is 1. The molecule has 0 radical (unpaired) electrons. The molecular weight excluding hydrogens is 146 g/mol. The molecule has 0 aromatic carbocycles. The maximum atomic E-state index is 2.21. The molecule has 2 aromatic heterocycles. The summed E-state index contributed by atoms with van der Waals surface area (Å²) in [4.78, 5) is 0. The summed E-state index contributed by atoms with van der Waals surface area (Å²) in [7, 11) is 0. The molecule has 0 amide bonds. The summed E-state index contributed by atoms with van der Waals surface area (Å²) in [6, 6.07) is 8.57. The molecule has 1 heteroatoms. The quantitative estimate of drug-likeness (QED) is 0.634. The number of pyridine rings is 1. The summed E-state index contributed by atoms with van der Waals surface area (Å²) >= 11 is 0. The van der Waals surface area contributed by atoms with Crippen LogP contribution in [0.2, 0.25) is 0 Å². The molecule has 0 unspecified atom stereocenters. The first-order valence-electron chi connectivity index (χ1n) is 4.46. The van der Waals surface area contributed by atoms with Gasteiger partial charge in [0, 0.05) is 17.9 Å². The minimum Gasteiger partial charge on any atom is -0.324 e. The molecule has 0 N–H and O–H groups in total. The lowest BCUT2D eigenvalue weighted by Gasteiger charge is -1.99. The summed E-state index contributed by atoms with van der Waals surface area (Å²) in [5.74, 6) is 0. The topological polar surface area (TPSA) is 4.41 Å². The van der Waals surface area contributed by atoms with Gasteiger partial charge >= 0.3 is 0 Å². The van der Waals surface area contributed by atoms with Crippen molar-refractivity contribution in [2.24, 2.45) is 0 Å². The van der Waals surface area contributed by atoms with Crippen molar-refractivity contribution >= 4 is 5.52 Å². The summed E-state index contributed by atoms with van der Waals surface area (Å²) in [6.07, 6.45) is 6.69. The second-order valence-electron chi connectivity index (χ2n) is 3.13. The Labute approximate surface area is 72.6 Å². The lowest BCUT2D eigenvalue weighted by molar-refractivity contribution is 0.909. The van der Waals surface area contributed by atoms with E-state index >= 15 is 0 Å². The highest BCUT2D eigenvalue weighted by Gasteiger charge is 1.93. The number of aryl methyl sites for hydroxylation is 1. The first-order valence-corrected chi connectivity index (χ1v) is 4.46. The van der Waals surface area contributed by atoms with Crippen molar-refractivity contribution < 1.29 is 0 Å². The van der Waals surface area contributed by atoms with E-state index in [-0.39, 0.29) is 0 Å². The van der Waals surface area contributed by atoms with Crippen molar-refractivity contribution in [1.29, 1.82) is 0 Å². The van der Waals surface area contributed by atoms with Crippen molar-refractivity contribution in [1.82, 2.24) is 4.40 Å². The van der Waals surface area contributed by atoms with Gasteiger partial charge in [0.25, 0.3) is 0 Å². The fourth-order valence-corrected chi connectivity index (χ4v) is 1.52. The van der Waals surface area contributed by atoms with Crippen LogP contribution in [0.15, 0.2) is 36.7 Å². The molecule has 0 spiro atoms. The van der Waals surface area contributed by atoms with E-state index in [9.17, 15) is 0 Å². The van der Waals surface area contributed by atoms with E-state index in [2.05, 4.69) is 48.0 Å². The molecule has 0 aliphatic heterocycles. The predicted molar refractivity (Wildman–Crippen MR) is 51.4 cm³/mol. The largest absolute Gasteiger partial charge is 0.324 e. The minimum atomic E-state index is 1.17. The van der Waals surface area contributed by atoms with Crippen LogP contribution in [-0.4, -0.2) is 4.40 Å². The van der Waals surface area contributed by atoms with Gasteiger partial charge in [-0.05, 0) is 30.2 Å². The molecule has 0 bridgehead atoms. The molecule has 62 valence electrons. The maximum Gasteiger partial charge on any atom is 0.0450 e. The van der Waals surface area contributed by atoms with E-state index in [1.54, 1.807) is 0 Å². The highest BCUT2D eigenvalue weighted by molar-refractivity contribution is 5.48. The fourth-order valence-electron chi connectivity index (χ4n) is 1.52. The Kier molecular flexibility index (Phi) is 1.86. The van der Waals surface area contributed by atoms with Crippen LogP contribution in [0.1, 0.15) is 18.9 Å². The smallest absolute Gasteiger partial charge is 0.0450 e. The Hall–Kier alpha value is -1.24. The second-order valence-corrected chi connectivity index (χ2v) is 3.13. The van der Waals surface area contributed by atoms with Crippen LogP contribution in [0.3, 0.4) is 0 Å². The van der Waals surface area contributed by atoms with Gasteiger partial charge in [-0.2, -0.15) is 0 Å². The van der Waals surface area contributed by atoms with E-state index in [4.69, 9.17) is 0 Å². The van der Waals surface area contributed by atoms with Crippen LogP contribution in [0.25, 0.3) is 5.52 Å². The molecule has 0 aliphatic carbocycles. The molecule has 12 heavy (non-hydrogen) atoms. The zero-order valence-electron chi connectivity index (χ0n) is 7.33. The Morgan fingerprint density at radius 3 is 3.00 bits per heavy atom. The summed E-state index contributed by atoms with van der Waals surface area (Å²) in [5, 5.41) is 0. The molecule has 0 aliphatic rings. The highest BCUT2D eigenvalue weighted by Crippen LogP contribution is 2.08. The van der Waals surface area contributed by atoms with Gasteiger partial charge in [0.05, 0.1) is 0 Å². The molecule has 2 rings (SSSR count). The van der Waals surface area contributed by atoms with Crippen molar-refractivity contribution in [3.8, 4) is 0 Å². The number of fused-ring (bicyclic) bond motifs is 1. The zero-order valence-corrected chi connectivity index (χ0v) is 7.33. The SMILES string of the molecule is CCCc1ccc2cccn2c1. The Bertz CT molecular complexity index is 373. The van der Waals surface area contributed by atoms with Gasteiger partial charge in [-0.15, -0.1) is 0 Å². The third-order valence-electron chi connectivity index (χ3n) is 2.12. The molecule has 1 nitrogen and oxygen atoms in total. The molecule has 0 atom stereocenters. The molecular formula is C11H13N. The van der Waals surface area contributed by atoms with Crippen LogP contribution < -0.4 is 0 Å². The van der Waals surface area contributed by atoms with E-state index < -0.39 is 0 Å². The number of rotatable bonds is 2. The van der Waals surface area contributed by atoms with Crippen molar-refractivity contribution in [3.05, 3.63) is 42.2 Å². The Balaban J connectivity index is 2.46. The lowest BCUT2D eigenvalue weighted by Crippen LogP contribution is -1.87. The molecule has 0 saturated carbocycles. The standard InChI is InChI=1S/C11H13N/c1-2-4-10-6-7-11-5-3-8-12(11)9-10/h3,5-9H,2,4H2,1H3. The molecule has 0 fully saturated rings. The van der Waals surface area contributed by atoms with Gasteiger partial charge in [-0.25, -0.2) is 0 Å². The van der Waals surface area contributed by atoms with Gasteiger partial charge in [0.2, 0.25) is 0 Å². The average Bonchev–Trinajstić information content (AvgIpc) is 2.51. The van der Waals surface area contributed by atoms with Gasteiger partial charge in [0.15, 0.2) is 0 Å². The van der Waals surface area contributed by atoms with Crippen LogP contribution in [-0.2, 0) is 6.42 Å². The minimum absolute atomic E-state index is 1.17. The number of nitrogens with zero attached hydrogens (tertiary/aromatic N) is 1. The number of hydrogen-bond donors (Lipinski definition) is 0. The van der Waals surface area contributed by atoms with Gasteiger partial charge < -0.3 is 4.40 Å². The third kappa shape index (κ3) is 1.22. The zero-order chi connectivity index (χ0) is 8.39. The third-order valence-corrected chi connectivity index (χ3v) is 2.12. The molecule has 2 heterocycles. The fraction of sp³-hybridized carbons (Fsp3) is 0.273. The van der Waals surface area contributed by atoms with E-state index in [0.717, 1.165) is 0 Å². The van der Waals surface area contributed by atoms with Crippen molar-refractivity contribution in [2.45, 2.75) is 19.8 Å². The lowest BCUT2D eigenvalue weighted by atomic mass is 10.2. The number of hydrogen-bond acceptors (Lipinski definition) is 0. The summed E-state index contributed by atoms with van der Waals surface area (Å²) in [5.41, 5.74) is 2.69. The van der Waals surface area contributed by atoms with Crippen LogP contribution in [0.4, 0.5) is 0 Å². The first kappa shape index (κ1) is 7.41. The van der Waals surface area contributed by atoms with Crippen molar-refractivity contribution in [2.75, 3.05) is 0 Å². The van der Waals surface area contributed by atoms with Gasteiger partial charge in [0.1, 0.15) is 0 Å². The highest BCUT2D eigenvalue weighted by atomic mass is 14.8. The van der Waals surface area contributed by atoms with Crippen LogP contribution >= 0.6 is 0 Å². The first-order chi connectivity index (χ1) is 5.90. The van der Waals surface area contributed by atoms with Gasteiger partial charge in [-0.1, -0.05) is 19.4 Å². The van der Waals surface area contributed by atoms with Crippen LogP contribution in [0, 0.1) is 0 Å². The van der Waals surface area contributed by atoms with E-state index in [0.29, 0.717) is 0 Å². The van der Waals surface area contributed by atoms with Gasteiger partial charge in [-0.3, -0.25) is 0 Å².